The van der Waals surface area contributed by atoms with Crippen molar-refractivity contribution in [2.75, 3.05) is 19.8 Å². The first-order chi connectivity index (χ1) is 12.1. The third-order valence-electron chi connectivity index (χ3n) is 3.56. The summed E-state index contributed by atoms with van der Waals surface area (Å²) in [7, 11) is 0. The maximum absolute atomic E-state index is 12.8. The van der Waals surface area contributed by atoms with Gasteiger partial charge in [-0.05, 0) is 24.3 Å². The predicted molar refractivity (Wildman–Crippen MR) is 92.6 cm³/mol. The molecule has 0 aliphatic carbocycles. The van der Waals surface area contributed by atoms with E-state index in [1.165, 1.54) is 6.07 Å². The molecular formula is C19H15ClO5. The van der Waals surface area contributed by atoms with Crippen LogP contribution in [0.15, 0.2) is 54.1 Å². The fourth-order valence-electron chi connectivity index (χ4n) is 2.42. The molecule has 0 unspecified atom stereocenters. The van der Waals surface area contributed by atoms with Crippen LogP contribution in [0, 0.1) is 0 Å². The maximum atomic E-state index is 12.8. The molecule has 2 aromatic carbocycles. The van der Waals surface area contributed by atoms with Crippen molar-refractivity contribution in [3.8, 4) is 11.5 Å². The third kappa shape index (κ3) is 3.83. The fraction of sp³-hybridized carbons (Fsp3) is 0.158. The van der Waals surface area contributed by atoms with Crippen LogP contribution in [0.25, 0.3) is 0 Å². The predicted octanol–water partition coefficient (Wildman–Crippen LogP) is 3.60. The summed E-state index contributed by atoms with van der Waals surface area (Å²) in [5, 5.41) is 0.198. The second-order valence-corrected chi connectivity index (χ2v) is 5.86. The molecule has 0 N–H and O–H groups in total. The van der Waals surface area contributed by atoms with E-state index in [2.05, 4.69) is 6.58 Å². The molecule has 0 bridgehead atoms. The van der Waals surface area contributed by atoms with Crippen molar-refractivity contribution in [3.63, 3.8) is 0 Å². The normalized spacial score (nSPS) is 12.4. The number of rotatable bonds is 5. The van der Waals surface area contributed by atoms with Crippen molar-refractivity contribution in [1.29, 1.82) is 0 Å². The zero-order valence-electron chi connectivity index (χ0n) is 13.3. The molecule has 1 heterocycles. The summed E-state index contributed by atoms with van der Waals surface area (Å²) < 4.78 is 16.0. The van der Waals surface area contributed by atoms with Gasteiger partial charge in [0.05, 0.1) is 5.56 Å². The number of halogens is 1. The Morgan fingerprint density at radius 1 is 1.04 bits per heavy atom. The van der Waals surface area contributed by atoms with Gasteiger partial charge in [0.25, 0.3) is 0 Å². The molecule has 3 rings (SSSR count). The highest BCUT2D eigenvalue weighted by molar-refractivity contribution is 6.29. The van der Waals surface area contributed by atoms with E-state index in [9.17, 15) is 9.59 Å². The van der Waals surface area contributed by atoms with E-state index in [-0.39, 0.29) is 28.5 Å². The Morgan fingerprint density at radius 3 is 2.44 bits per heavy atom. The SMILES string of the molecule is C=C(Cl)COC(=O)c1ccccc1C(=O)c1ccc2c(c1)OCCO2. The van der Waals surface area contributed by atoms with Crippen molar-refractivity contribution in [3.05, 3.63) is 70.8 Å². The highest BCUT2D eigenvalue weighted by Crippen LogP contribution is 2.31. The number of benzene rings is 2. The summed E-state index contributed by atoms with van der Waals surface area (Å²) in [6.45, 7) is 4.24. The summed E-state index contributed by atoms with van der Waals surface area (Å²) in [5.74, 6) is 0.157. The Hall–Kier alpha value is -2.79. The molecular weight excluding hydrogens is 344 g/mol. The molecule has 0 saturated carbocycles. The number of fused-ring (bicyclic) bond motifs is 1. The van der Waals surface area contributed by atoms with Crippen LogP contribution < -0.4 is 9.47 Å². The van der Waals surface area contributed by atoms with Gasteiger partial charge < -0.3 is 14.2 Å². The lowest BCUT2D eigenvalue weighted by molar-refractivity contribution is 0.0543. The Kier molecular flexibility index (Phi) is 5.05. The lowest BCUT2D eigenvalue weighted by Gasteiger charge is -2.18. The second-order valence-electron chi connectivity index (χ2n) is 5.33. The van der Waals surface area contributed by atoms with E-state index < -0.39 is 5.97 Å². The molecule has 0 radical (unpaired) electrons. The molecule has 0 aromatic heterocycles. The van der Waals surface area contributed by atoms with E-state index in [1.54, 1.807) is 36.4 Å². The second kappa shape index (κ2) is 7.40. The van der Waals surface area contributed by atoms with Gasteiger partial charge in [-0.15, -0.1) is 0 Å². The molecule has 128 valence electrons. The Labute approximate surface area is 149 Å². The summed E-state index contributed by atoms with van der Waals surface area (Å²) in [6, 6.07) is 11.4. The molecule has 0 fully saturated rings. The summed E-state index contributed by atoms with van der Waals surface area (Å²) in [6.07, 6.45) is 0. The van der Waals surface area contributed by atoms with E-state index in [1.807, 2.05) is 0 Å². The minimum absolute atomic E-state index is 0.118. The number of carbonyl (C=O) groups excluding carboxylic acids is 2. The lowest BCUT2D eigenvalue weighted by Crippen LogP contribution is -2.16. The van der Waals surface area contributed by atoms with Gasteiger partial charge in [0.1, 0.15) is 19.8 Å². The quantitative estimate of drug-likeness (QED) is 0.603. The number of carbonyl (C=O) groups is 2. The van der Waals surface area contributed by atoms with Crippen LogP contribution in [-0.2, 0) is 4.74 Å². The standard InChI is InChI=1S/C19H15ClO5/c1-12(20)11-25-19(22)15-5-3-2-4-14(15)18(21)13-6-7-16-17(10-13)24-9-8-23-16/h2-7,10H,1,8-9,11H2. The third-order valence-corrected chi connectivity index (χ3v) is 3.66. The van der Waals surface area contributed by atoms with Crippen LogP contribution in [0.1, 0.15) is 26.3 Å². The molecule has 25 heavy (non-hydrogen) atoms. The van der Waals surface area contributed by atoms with Gasteiger partial charge in [-0.2, -0.15) is 0 Å². The highest BCUT2D eigenvalue weighted by Gasteiger charge is 2.21. The van der Waals surface area contributed by atoms with Crippen molar-refractivity contribution in [1.82, 2.24) is 0 Å². The number of hydrogen-bond acceptors (Lipinski definition) is 5. The first-order valence-electron chi connectivity index (χ1n) is 7.60. The Bertz CT molecular complexity index is 843. The topological polar surface area (TPSA) is 61.8 Å². The maximum Gasteiger partial charge on any atom is 0.339 e. The van der Waals surface area contributed by atoms with Crippen LogP contribution in [-0.4, -0.2) is 31.6 Å². The number of ketones is 1. The molecule has 0 saturated heterocycles. The molecule has 6 heteroatoms. The zero-order valence-corrected chi connectivity index (χ0v) is 14.0. The fourth-order valence-corrected chi connectivity index (χ4v) is 2.48. The van der Waals surface area contributed by atoms with E-state index in [0.29, 0.717) is 30.3 Å². The van der Waals surface area contributed by atoms with Crippen LogP contribution >= 0.6 is 11.6 Å². The minimum atomic E-state index is -0.636. The molecule has 1 aliphatic rings. The van der Waals surface area contributed by atoms with Gasteiger partial charge in [0.2, 0.25) is 0 Å². The van der Waals surface area contributed by atoms with E-state index >= 15 is 0 Å². The summed E-state index contributed by atoms with van der Waals surface area (Å²) in [4.78, 5) is 25.1. The van der Waals surface area contributed by atoms with Gasteiger partial charge in [0, 0.05) is 16.2 Å². The molecule has 5 nitrogen and oxygen atoms in total. The van der Waals surface area contributed by atoms with Crippen molar-refractivity contribution < 1.29 is 23.8 Å². The first kappa shape index (κ1) is 17.0. The van der Waals surface area contributed by atoms with Crippen LogP contribution in [0.2, 0.25) is 0 Å². The first-order valence-corrected chi connectivity index (χ1v) is 7.98. The average molecular weight is 359 g/mol. The molecule has 0 spiro atoms. The van der Waals surface area contributed by atoms with Gasteiger partial charge >= 0.3 is 5.97 Å². The lowest BCUT2D eigenvalue weighted by atomic mass is 9.98. The molecule has 2 aromatic rings. The largest absolute Gasteiger partial charge is 0.486 e. The molecule has 0 amide bonds. The van der Waals surface area contributed by atoms with E-state index in [0.717, 1.165) is 0 Å². The highest BCUT2D eigenvalue weighted by atomic mass is 35.5. The van der Waals surface area contributed by atoms with Crippen molar-refractivity contribution in [2.45, 2.75) is 0 Å². The van der Waals surface area contributed by atoms with Crippen molar-refractivity contribution in [2.24, 2.45) is 0 Å². The zero-order chi connectivity index (χ0) is 17.8. The smallest absolute Gasteiger partial charge is 0.339 e. The Morgan fingerprint density at radius 2 is 1.72 bits per heavy atom. The van der Waals surface area contributed by atoms with Crippen molar-refractivity contribution >= 4 is 23.4 Å². The number of ether oxygens (including phenoxy) is 3. The van der Waals surface area contributed by atoms with Gasteiger partial charge in [-0.1, -0.05) is 36.4 Å². The van der Waals surface area contributed by atoms with Gasteiger partial charge in [-0.25, -0.2) is 4.79 Å². The Balaban J connectivity index is 1.90. The number of esters is 1. The van der Waals surface area contributed by atoms with Gasteiger partial charge in [-0.3, -0.25) is 4.79 Å². The minimum Gasteiger partial charge on any atom is -0.486 e. The summed E-state index contributed by atoms with van der Waals surface area (Å²) >= 11 is 5.61. The van der Waals surface area contributed by atoms with Crippen LogP contribution in [0.5, 0.6) is 11.5 Å². The average Bonchev–Trinajstić information content (AvgIpc) is 2.65. The summed E-state index contributed by atoms with van der Waals surface area (Å²) in [5.41, 5.74) is 0.802. The monoisotopic (exact) mass is 358 g/mol. The van der Waals surface area contributed by atoms with Crippen LogP contribution in [0.4, 0.5) is 0 Å². The molecule has 1 aliphatic heterocycles. The van der Waals surface area contributed by atoms with Crippen LogP contribution in [0.3, 0.4) is 0 Å². The van der Waals surface area contributed by atoms with Gasteiger partial charge in [0.15, 0.2) is 17.3 Å². The number of hydrogen-bond donors (Lipinski definition) is 0. The van der Waals surface area contributed by atoms with E-state index in [4.69, 9.17) is 25.8 Å². The molecule has 0 atom stereocenters.